The molecule has 0 spiro atoms. The van der Waals surface area contributed by atoms with E-state index in [0.29, 0.717) is 6.54 Å². The van der Waals surface area contributed by atoms with Gasteiger partial charge in [0.15, 0.2) is 0 Å². The Labute approximate surface area is 94.5 Å². The highest BCUT2D eigenvalue weighted by atomic mass is 19.1. The molecule has 0 aromatic heterocycles. The van der Waals surface area contributed by atoms with Gasteiger partial charge >= 0.3 is 5.97 Å². The van der Waals surface area contributed by atoms with Gasteiger partial charge in [0.25, 0.3) is 0 Å². The van der Waals surface area contributed by atoms with Crippen molar-refractivity contribution in [2.24, 2.45) is 0 Å². The van der Waals surface area contributed by atoms with E-state index in [4.69, 9.17) is 5.11 Å². The predicted octanol–water partition coefficient (Wildman–Crippen LogP) is 2.52. The first-order chi connectivity index (χ1) is 7.50. The molecule has 0 amide bonds. The number of aliphatic carboxylic acids is 1. The fraction of sp³-hybridized carbons (Fsp3) is 0.417. The van der Waals surface area contributed by atoms with Crippen molar-refractivity contribution >= 4 is 11.7 Å². The van der Waals surface area contributed by atoms with Crippen LogP contribution in [0.5, 0.6) is 0 Å². The van der Waals surface area contributed by atoms with Crippen molar-refractivity contribution < 1.29 is 14.3 Å². The van der Waals surface area contributed by atoms with Crippen molar-refractivity contribution in [1.29, 1.82) is 0 Å². The van der Waals surface area contributed by atoms with Crippen LogP contribution in [0.2, 0.25) is 0 Å². The molecule has 1 aromatic rings. The Kier molecular flexibility index (Phi) is 4.28. The fourth-order valence-corrected chi connectivity index (χ4v) is 1.53. The highest BCUT2D eigenvalue weighted by molar-refractivity contribution is 5.67. The van der Waals surface area contributed by atoms with E-state index in [1.807, 2.05) is 18.7 Å². The summed E-state index contributed by atoms with van der Waals surface area (Å²) < 4.78 is 12.8. The molecule has 0 aliphatic heterocycles. The Balaban J connectivity index is 2.77. The molecule has 0 aliphatic rings. The number of rotatable bonds is 5. The molecule has 88 valence electrons. The fourth-order valence-electron chi connectivity index (χ4n) is 1.53. The van der Waals surface area contributed by atoms with Gasteiger partial charge < -0.3 is 10.0 Å². The molecule has 0 saturated carbocycles. The summed E-state index contributed by atoms with van der Waals surface area (Å²) >= 11 is 0. The average molecular weight is 225 g/mol. The van der Waals surface area contributed by atoms with Crippen LogP contribution in [0.25, 0.3) is 0 Å². The molecule has 0 aliphatic carbocycles. The second-order valence-corrected chi connectivity index (χ2v) is 3.91. The Hall–Kier alpha value is -1.58. The van der Waals surface area contributed by atoms with Crippen molar-refractivity contribution in [2.45, 2.75) is 26.3 Å². The number of hydrogen-bond donors (Lipinski definition) is 1. The first-order valence-corrected chi connectivity index (χ1v) is 5.24. The second kappa shape index (κ2) is 5.49. The van der Waals surface area contributed by atoms with Crippen LogP contribution in [0.3, 0.4) is 0 Å². The summed E-state index contributed by atoms with van der Waals surface area (Å²) in [4.78, 5) is 12.5. The molecule has 16 heavy (non-hydrogen) atoms. The molecule has 0 heterocycles. The number of carbonyl (C=O) groups is 1. The third-order valence-electron chi connectivity index (χ3n) is 2.35. The number of nitrogens with zero attached hydrogens (tertiary/aromatic N) is 1. The topological polar surface area (TPSA) is 40.5 Å². The Bertz CT molecular complexity index is 349. The van der Waals surface area contributed by atoms with Crippen LogP contribution in [0.1, 0.15) is 20.3 Å². The Morgan fingerprint density at radius 1 is 1.38 bits per heavy atom. The van der Waals surface area contributed by atoms with Crippen LogP contribution in [0.4, 0.5) is 10.1 Å². The lowest BCUT2D eigenvalue weighted by Gasteiger charge is -2.28. The van der Waals surface area contributed by atoms with E-state index in [2.05, 4.69) is 0 Å². The molecule has 1 rings (SSSR count). The molecule has 4 heteroatoms. The third kappa shape index (κ3) is 3.53. The monoisotopic (exact) mass is 225 g/mol. The minimum Gasteiger partial charge on any atom is -0.481 e. The molecule has 3 nitrogen and oxygen atoms in total. The lowest BCUT2D eigenvalue weighted by molar-refractivity contribution is -0.136. The minimum atomic E-state index is -0.826. The van der Waals surface area contributed by atoms with E-state index in [1.165, 1.54) is 12.1 Å². The summed E-state index contributed by atoms with van der Waals surface area (Å²) in [6, 6.07) is 6.27. The van der Waals surface area contributed by atoms with Crippen molar-refractivity contribution in [2.75, 3.05) is 11.4 Å². The van der Waals surface area contributed by atoms with Gasteiger partial charge in [-0.25, -0.2) is 4.39 Å². The van der Waals surface area contributed by atoms with Crippen LogP contribution in [0, 0.1) is 5.82 Å². The lowest BCUT2D eigenvalue weighted by atomic mass is 10.2. The SMILES string of the molecule is CC(C)N(CCC(=O)O)c1ccc(F)cc1. The maximum absolute atomic E-state index is 12.8. The van der Waals surface area contributed by atoms with Gasteiger partial charge in [0.05, 0.1) is 6.42 Å². The molecule has 0 atom stereocenters. The number of anilines is 1. The van der Waals surface area contributed by atoms with Crippen LogP contribution in [-0.2, 0) is 4.79 Å². The standard InChI is InChI=1S/C12H16FNO2/c1-9(2)14(8-7-12(15)16)11-5-3-10(13)4-6-11/h3-6,9H,7-8H2,1-2H3,(H,15,16). The zero-order valence-electron chi connectivity index (χ0n) is 9.48. The van der Waals surface area contributed by atoms with Crippen molar-refractivity contribution in [3.8, 4) is 0 Å². The van der Waals surface area contributed by atoms with Gasteiger partial charge in [0, 0.05) is 18.3 Å². The van der Waals surface area contributed by atoms with Gasteiger partial charge in [-0.3, -0.25) is 4.79 Å². The summed E-state index contributed by atoms with van der Waals surface area (Å²) in [5.74, 6) is -1.11. The van der Waals surface area contributed by atoms with E-state index in [9.17, 15) is 9.18 Å². The molecule has 0 saturated heterocycles. The zero-order chi connectivity index (χ0) is 12.1. The normalized spacial score (nSPS) is 10.5. The van der Waals surface area contributed by atoms with Crippen LogP contribution >= 0.6 is 0 Å². The van der Waals surface area contributed by atoms with Crippen LogP contribution in [-0.4, -0.2) is 23.7 Å². The number of carboxylic acid groups (broad SMARTS) is 1. The number of halogens is 1. The highest BCUT2D eigenvalue weighted by Gasteiger charge is 2.11. The molecule has 1 N–H and O–H groups in total. The van der Waals surface area contributed by atoms with E-state index in [1.54, 1.807) is 12.1 Å². The van der Waals surface area contributed by atoms with Crippen molar-refractivity contribution in [1.82, 2.24) is 0 Å². The number of hydrogen-bond acceptors (Lipinski definition) is 2. The van der Waals surface area contributed by atoms with Crippen molar-refractivity contribution in [3.05, 3.63) is 30.1 Å². The van der Waals surface area contributed by atoms with Crippen LogP contribution in [0.15, 0.2) is 24.3 Å². The highest BCUT2D eigenvalue weighted by Crippen LogP contribution is 2.17. The minimum absolute atomic E-state index is 0.0789. The molecule has 0 fully saturated rings. The molecule has 0 unspecified atom stereocenters. The Morgan fingerprint density at radius 2 is 1.94 bits per heavy atom. The summed E-state index contributed by atoms with van der Waals surface area (Å²) in [5, 5.41) is 8.65. The average Bonchev–Trinajstić information content (AvgIpc) is 2.20. The largest absolute Gasteiger partial charge is 0.481 e. The zero-order valence-corrected chi connectivity index (χ0v) is 9.48. The molecule has 1 aromatic carbocycles. The molecular weight excluding hydrogens is 209 g/mol. The molecular formula is C12H16FNO2. The number of carboxylic acids is 1. The first kappa shape index (κ1) is 12.5. The van der Waals surface area contributed by atoms with Gasteiger partial charge in [-0.05, 0) is 38.1 Å². The molecule has 0 bridgehead atoms. The predicted molar refractivity (Wildman–Crippen MR) is 61.1 cm³/mol. The Morgan fingerprint density at radius 3 is 2.38 bits per heavy atom. The third-order valence-corrected chi connectivity index (χ3v) is 2.35. The number of benzene rings is 1. The maximum atomic E-state index is 12.8. The van der Waals surface area contributed by atoms with Gasteiger partial charge in [0.2, 0.25) is 0 Å². The maximum Gasteiger partial charge on any atom is 0.305 e. The van der Waals surface area contributed by atoms with Gasteiger partial charge in [-0.15, -0.1) is 0 Å². The van der Waals surface area contributed by atoms with E-state index >= 15 is 0 Å². The summed E-state index contributed by atoms with van der Waals surface area (Å²) in [5.41, 5.74) is 0.845. The van der Waals surface area contributed by atoms with E-state index < -0.39 is 5.97 Å². The lowest BCUT2D eigenvalue weighted by Crippen LogP contribution is -2.32. The van der Waals surface area contributed by atoms with E-state index in [0.717, 1.165) is 5.69 Å². The van der Waals surface area contributed by atoms with E-state index in [-0.39, 0.29) is 18.3 Å². The van der Waals surface area contributed by atoms with Gasteiger partial charge in [-0.1, -0.05) is 0 Å². The van der Waals surface area contributed by atoms with Gasteiger partial charge in [0.1, 0.15) is 5.82 Å². The van der Waals surface area contributed by atoms with Crippen LogP contribution < -0.4 is 4.90 Å². The molecule has 0 radical (unpaired) electrons. The second-order valence-electron chi connectivity index (χ2n) is 3.91. The smallest absolute Gasteiger partial charge is 0.305 e. The summed E-state index contributed by atoms with van der Waals surface area (Å²) in [6.45, 7) is 4.38. The van der Waals surface area contributed by atoms with Crippen molar-refractivity contribution in [3.63, 3.8) is 0 Å². The first-order valence-electron chi connectivity index (χ1n) is 5.24. The quantitative estimate of drug-likeness (QED) is 0.837. The summed E-state index contributed by atoms with van der Waals surface area (Å²) in [6.07, 6.45) is 0.0789. The summed E-state index contributed by atoms with van der Waals surface area (Å²) in [7, 11) is 0. The van der Waals surface area contributed by atoms with Gasteiger partial charge in [-0.2, -0.15) is 0 Å².